The Morgan fingerprint density at radius 2 is 2.08 bits per heavy atom. The van der Waals surface area contributed by atoms with E-state index in [0.29, 0.717) is 11.8 Å². The van der Waals surface area contributed by atoms with Crippen LogP contribution in [0, 0.1) is 0 Å². The van der Waals surface area contributed by atoms with Crippen LogP contribution in [-0.4, -0.2) is 24.2 Å². The average molecular weight is 168 g/mol. The molecular formula is C8H12N2O2. The van der Waals surface area contributed by atoms with Crippen LogP contribution in [0.4, 0.5) is 0 Å². The molecule has 4 nitrogen and oxygen atoms in total. The van der Waals surface area contributed by atoms with Gasteiger partial charge < -0.3 is 9.47 Å². The standard InChI is InChI=1S/C8H12N2O2/c1-4-6-8(12-3)10-7(11-2)5-9-6/h5H,4H2,1-3H3. The molecule has 4 heteroatoms. The van der Waals surface area contributed by atoms with Crippen LogP contribution in [0.15, 0.2) is 6.20 Å². The van der Waals surface area contributed by atoms with Gasteiger partial charge in [0.05, 0.1) is 20.4 Å². The SMILES string of the molecule is CCc1ncc(OC)nc1OC. The van der Waals surface area contributed by atoms with E-state index in [2.05, 4.69) is 9.97 Å². The Morgan fingerprint density at radius 1 is 1.33 bits per heavy atom. The van der Waals surface area contributed by atoms with Crippen LogP contribution in [0.2, 0.25) is 0 Å². The van der Waals surface area contributed by atoms with Crippen LogP contribution >= 0.6 is 0 Å². The predicted octanol–water partition coefficient (Wildman–Crippen LogP) is 1.06. The molecule has 0 radical (unpaired) electrons. The Kier molecular flexibility index (Phi) is 2.85. The average Bonchev–Trinajstić information content (AvgIpc) is 2.16. The fraction of sp³-hybridized carbons (Fsp3) is 0.500. The first-order chi connectivity index (χ1) is 5.81. The summed E-state index contributed by atoms with van der Waals surface area (Å²) >= 11 is 0. The van der Waals surface area contributed by atoms with Gasteiger partial charge in [0.15, 0.2) is 0 Å². The third kappa shape index (κ3) is 1.64. The van der Waals surface area contributed by atoms with Crippen molar-refractivity contribution in [3.05, 3.63) is 11.9 Å². The predicted molar refractivity (Wildman–Crippen MR) is 44.5 cm³/mol. The minimum Gasteiger partial charge on any atom is -0.480 e. The van der Waals surface area contributed by atoms with Gasteiger partial charge in [0.25, 0.3) is 0 Å². The summed E-state index contributed by atoms with van der Waals surface area (Å²) in [7, 11) is 3.12. The van der Waals surface area contributed by atoms with E-state index < -0.39 is 0 Å². The highest BCUT2D eigenvalue weighted by atomic mass is 16.5. The maximum Gasteiger partial charge on any atom is 0.238 e. The summed E-state index contributed by atoms with van der Waals surface area (Å²) < 4.78 is 9.93. The van der Waals surface area contributed by atoms with E-state index in [1.54, 1.807) is 20.4 Å². The van der Waals surface area contributed by atoms with Crippen LogP contribution in [0.3, 0.4) is 0 Å². The van der Waals surface area contributed by atoms with Crippen molar-refractivity contribution in [1.82, 2.24) is 9.97 Å². The first-order valence-electron chi connectivity index (χ1n) is 3.75. The molecule has 0 fully saturated rings. The van der Waals surface area contributed by atoms with Gasteiger partial charge in [-0.2, -0.15) is 4.98 Å². The second-order valence-electron chi connectivity index (χ2n) is 2.22. The van der Waals surface area contributed by atoms with Crippen LogP contribution in [0.5, 0.6) is 11.8 Å². The summed E-state index contributed by atoms with van der Waals surface area (Å²) in [6.07, 6.45) is 2.39. The van der Waals surface area contributed by atoms with Crippen molar-refractivity contribution in [2.45, 2.75) is 13.3 Å². The van der Waals surface area contributed by atoms with Crippen molar-refractivity contribution in [2.24, 2.45) is 0 Å². The van der Waals surface area contributed by atoms with Crippen molar-refractivity contribution in [3.8, 4) is 11.8 Å². The molecule has 0 aliphatic carbocycles. The quantitative estimate of drug-likeness (QED) is 0.676. The van der Waals surface area contributed by atoms with E-state index in [9.17, 15) is 0 Å². The highest BCUT2D eigenvalue weighted by molar-refractivity contribution is 5.22. The Hall–Kier alpha value is -1.32. The maximum absolute atomic E-state index is 5.03. The molecule has 0 aliphatic heterocycles. The summed E-state index contributed by atoms with van der Waals surface area (Å²) in [4.78, 5) is 8.20. The lowest BCUT2D eigenvalue weighted by Crippen LogP contribution is -1.99. The summed E-state index contributed by atoms with van der Waals surface area (Å²) in [5.74, 6) is 1.01. The molecule has 0 atom stereocenters. The molecule has 0 N–H and O–H groups in total. The lowest BCUT2D eigenvalue weighted by Gasteiger charge is -2.05. The second kappa shape index (κ2) is 3.90. The van der Waals surface area contributed by atoms with Crippen molar-refractivity contribution in [3.63, 3.8) is 0 Å². The molecule has 12 heavy (non-hydrogen) atoms. The molecule has 0 spiro atoms. The highest BCUT2D eigenvalue weighted by Gasteiger charge is 2.05. The smallest absolute Gasteiger partial charge is 0.238 e. The van der Waals surface area contributed by atoms with Gasteiger partial charge in [0, 0.05) is 0 Å². The van der Waals surface area contributed by atoms with Crippen LogP contribution in [0.25, 0.3) is 0 Å². The molecule has 66 valence electrons. The Labute approximate surface area is 71.6 Å². The molecule has 1 rings (SSSR count). The van der Waals surface area contributed by atoms with Gasteiger partial charge in [-0.15, -0.1) is 0 Å². The van der Waals surface area contributed by atoms with Gasteiger partial charge in [-0.3, -0.25) is 4.98 Å². The number of rotatable bonds is 3. The van der Waals surface area contributed by atoms with E-state index in [4.69, 9.17) is 9.47 Å². The monoisotopic (exact) mass is 168 g/mol. The maximum atomic E-state index is 5.03. The minimum atomic E-state index is 0.476. The molecule has 0 amide bonds. The number of hydrogen-bond donors (Lipinski definition) is 0. The van der Waals surface area contributed by atoms with Crippen LogP contribution < -0.4 is 9.47 Å². The van der Waals surface area contributed by atoms with Crippen molar-refractivity contribution < 1.29 is 9.47 Å². The lowest BCUT2D eigenvalue weighted by molar-refractivity contribution is 0.357. The number of aryl methyl sites for hydroxylation is 1. The first-order valence-corrected chi connectivity index (χ1v) is 3.75. The van der Waals surface area contributed by atoms with E-state index in [1.807, 2.05) is 6.92 Å². The highest BCUT2D eigenvalue weighted by Crippen LogP contribution is 2.16. The molecule has 0 saturated heterocycles. The summed E-state index contributed by atoms with van der Waals surface area (Å²) in [6, 6.07) is 0. The van der Waals surface area contributed by atoms with Gasteiger partial charge in [0.2, 0.25) is 11.8 Å². The zero-order chi connectivity index (χ0) is 8.97. The Balaban J connectivity index is 3.02. The molecular weight excluding hydrogens is 156 g/mol. The zero-order valence-electron chi connectivity index (χ0n) is 7.50. The number of nitrogens with zero attached hydrogens (tertiary/aromatic N) is 2. The Bertz CT molecular complexity index is 263. The number of aromatic nitrogens is 2. The molecule has 1 aromatic heterocycles. The fourth-order valence-corrected chi connectivity index (χ4v) is 0.886. The molecule has 0 unspecified atom stereocenters. The van der Waals surface area contributed by atoms with E-state index in [-0.39, 0.29) is 0 Å². The lowest BCUT2D eigenvalue weighted by atomic mass is 10.3. The van der Waals surface area contributed by atoms with Gasteiger partial charge in [0.1, 0.15) is 5.69 Å². The summed E-state index contributed by atoms with van der Waals surface area (Å²) in [5, 5.41) is 0. The normalized spacial score (nSPS) is 9.58. The number of ether oxygens (including phenoxy) is 2. The zero-order valence-corrected chi connectivity index (χ0v) is 7.50. The number of hydrogen-bond acceptors (Lipinski definition) is 4. The van der Waals surface area contributed by atoms with E-state index in [0.717, 1.165) is 12.1 Å². The van der Waals surface area contributed by atoms with Gasteiger partial charge in [-0.1, -0.05) is 6.92 Å². The van der Waals surface area contributed by atoms with Gasteiger partial charge in [-0.05, 0) is 6.42 Å². The van der Waals surface area contributed by atoms with Crippen LogP contribution in [-0.2, 0) is 6.42 Å². The molecule has 1 heterocycles. The third-order valence-electron chi connectivity index (χ3n) is 1.53. The summed E-state index contributed by atoms with van der Waals surface area (Å²) in [6.45, 7) is 2.00. The van der Waals surface area contributed by atoms with Gasteiger partial charge >= 0.3 is 0 Å². The first kappa shape index (κ1) is 8.77. The molecule has 0 aromatic carbocycles. The second-order valence-corrected chi connectivity index (χ2v) is 2.22. The molecule has 0 saturated carbocycles. The van der Waals surface area contributed by atoms with Crippen LogP contribution in [0.1, 0.15) is 12.6 Å². The van der Waals surface area contributed by atoms with Gasteiger partial charge in [-0.25, -0.2) is 0 Å². The molecule has 1 aromatic rings. The molecule has 0 aliphatic rings. The van der Waals surface area contributed by atoms with E-state index in [1.165, 1.54) is 0 Å². The Morgan fingerprint density at radius 3 is 2.58 bits per heavy atom. The molecule has 0 bridgehead atoms. The van der Waals surface area contributed by atoms with Crippen molar-refractivity contribution in [2.75, 3.05) is 14.2 Å². The summed E-state index contributed by atoms with van der Waals surface area (Å²) in [5.41, 5.74) is 0.846. The van der Waals surface area contributed by atoms with Crippen molar-refractivity contribution in [1.29, 1.82) is 0 Å². The topological polar surface area (TPSA) is 44.2 Å². The minimum absolute atomic E-state index is 0.476. The van der Waals surface area contributed by atoms with Crippen molar-refractivity contribution >= 4 is 0 Å². The van der Waals surface area contributed by atoms with E-state index >= 15 is 0 Å². The number of methoxy groups -OCH3 is 2. The largest absolute Gasteiger partial charge is 0.480 e. The fourth-order valence-electron chi connectivity index (χ4n) is 0.886. The third-order valence-corrected chi connectivity index (χ3v) is 1.53.